The maximum Gasteiger partial charge on any atom is 0.261 e. The van der Waals surface area contributed by atoms with E-state index in [0.29, 0.717) is 13.0 Å². The monoisotopic (exact) mass is 301 g/mol. The highest BCUT2D eigenvalue weighted by molar-refractivity contribution is 5.81. The smallest absolute Gasteiger partial charge is 0.261 e. The van der Waals surface area contributed by atoms with Crippen molar-refractivity contribution in [2.45, 2.75) is 25.9 Å². The molecular weight excluding hydrogens is 281 g/mol. The summed E-state index contributed by atoms with van der Waals surface area (Å²) in [6, 6.07) is 16.0. The minimum Gasteiger partial charge on any atom is -0.478 e. The largest absolute Gasteiger partial charge is 0.478 e. The van der Waals surface area contributed by atoms with Crippen LogP contribution in [0.1, 0.15) is 18.9 Å². The molecule has 0 bridgehead atoms. The zero-order valence-electron chi connectivity index (χ0n) is 12.6. The summed E-state index contributed by atoms with van der Waals surface area (Å²) in [5, 5.41) is 2.84. The number of hydrogen-bond donors (Lipinski definition) is 1. The number of ether oxygens (including phenoxy) is 1. The van der Waals surface area contributed by atoms with E-state index in [2.05, 4.69) is 5.32 Å². The van der Waals surface area contributed by atoms with Crippen molar-refractivity contribution in [1.29, 1.82) is 0 Å². The fraction of sp³-hybridized carbons (Fsp3) is 0.278. The van der Waals surface area contributed by atoms with Crippen molar-refractivity contribution >= 4 is 5.91 Å². The number of para-hydroxylation sites is 1. The minimum absolute atomic E-state index is 0.104. The number of carbonyl (C=O) groups is 1. The third kappa shape index (κ3) is 4.58. The molecule has 1 atom stereocenters. The summed E-state index contributed by atoms with van der Waals surface area (Å²) in [6.07, 6.45) is 0.543. The van der Waals surface area contributed by atoms with Crippen LogP contribution < -0.4 is 10.1 Å². The van der Waals surface area contributed by atoms with Gasteiger partial charge in [0.1, 0.15) is 0 Å². The second kappa shape index (κ2) is 8.17. The second-order valence-electron chi connectivity index (χ2n) is 4.97. The van der Waals surface area contributed by atoms with Gasteiger partial charge >= 0.3 is 0 Å². The number of carbonyl (C=O) groups excluding carboxylic acids is 1. The molecular formula is C18H20FNO2. The number of amides is 1. The van der Waals surface area contributed by atoms with Gasteiger partial charge in [0.05, 0.1) is 0 Å². The molecule has 0 spiro atoms. The Kier molecular flexibility index (Phi) is 5.95. The molecule has 2 rings (SSSR count). The van der Waals surface area contributed by atoms with Crippen LogP contribution in [0.2, 0.25) is 0 Å². The highest BCUT2D eigenvalue weighted by Gasteiger charge is 2.19. The van der Waals surface area contributed by atoms with Gasteiger partial charge in [-0.05, 0) is 30.5 Å². The summed E-state index contributed by atoms with van der Waals surface area (Å²) in [5.74, 6) is -0.577. The highest BCUT2D eigenvalue weighted by atomic mass is 19.1. The molecule has 0 aromatic heterocycles. The molecule has 4 heteroatoms. The van der Waals surface area contributed by atoms with E-state index < -0.39 is 11.9 Å². The molecule has 0 radical (unpaired) electrons. The first-order valence-corrected chi connectivity index (χ1v) is 7.43. The van der Waals surface area contributed by atoms with Gasteiger partial charge < -0.3 is 10.1 Å². The topological polar surface area (TPSA) is 38.3 Å². The zero-order chi connectivity index (χ0) is 15.8. The summed E-state index contributed by atoms with van der Waals surface area (Å²) in [6.45, 7) is 2.36. The molecule has 0 fully saturated rings. The van der Waals surface area contributed by atoms with Gasteiger partial charge in [-0.2, -0.15) is 0 Å². The molecule has 2 aromatic rings. The number of halogens is 1. The summed E-state index contributed by atoms with van der Waals surface area (Å²) < 4.78 is 19.0. The second-order valence-corrected chi connectivity index (χ2v) is 4.97. The lowest BCUT2D eigenvalue weighted by Crippen LogP contribution is -2.39. The quantitative estimate of drug-likeness (QED) is 0.852. The molecule has 0 unspecified atom stereocenters. The van der Waals surface area contributed by atoms with Crippen molar-refractivity contribution in [3.05, 3.63) is 66.0 Å². The minimum atomic E-state index is -0.687. The highest BCUT2D eigenvalue weighted by Crippen LogP contribution is 2.18. The van der Waals surface area contributed by atoms with Crippen LogP contribution in [0.15, 0.2) is 54.6 Å². The molecule has 0 heterocycles. The fourth-order valence-corrected chi connectivity index (χ4v) is 2.10. The van der Waals surface area contributed by atoms with E-state index in [4.69, 9.17) is 4.74 Å². The Hall–Kier alpha value is -2.36. The molecule has 0 aliphatic carbocycles. The Morgan fingerprint density at radius 1 is 1.14 bits per heavy atom. The zero-order valence-corrected chi connectivity index (χ0v) is 12.6. The van der Waals surface area contributed by atoms with E-state index in [-0.39, 0.29) is 11.7 Å². The standard InChI is InChI=1S/C18H20FNO2/c1-2-16(22-17-11-7-6-10-15(17)19)18(21)20-13-12-14-8-4-3-5-9-14/h3-11,16H,2,12-13H2,1H3,(H,20,21)/t16-/m0/s1. The van der Waals surface area contributed by atoms with Crippen LogP contribution in [-0.2, 0) is 11.2 Å². The SMILES string of the molecule is CC[C@H](Oc1ccccc1F)C(=O)NCCc1ccccc1. The van der Waals surface area contributed by atoms with Gasteiger partial charge in [0.15, 0.2) is 17.7 Å². The lowest BCUT2D eigenvalue weighted by molar-refractivity contribution is -0.128. The predicted molar refractivity (Wildman–Crippen MR) is 84.3 cm³/mol. The summed E-state index contributed by atoms with van der Waals surface area (Å²) in [7, 11) is 0. The van der Waals surface area contributed by atoms with Crippen molar-refractivity contribution in [2.75, 3.05) is 6.54 Å². The first kappa shape index (κ1) is 16.0. The van der Waals surface area contributed by atoms with Crippen molar-refractivity contribution in [1.82, 2.24) is 5.32 Å². The molecule has 0 aliphatic rings. The molecule has 116 valence electrons. The maximum absolute atomic E-state index is 13.6. The Morgan fingerprint density at radius 2 is 1.82 bits per heavy atom. The molecule has 22 heavy (non-hydrogen) atoms. The summed E-state index contributed by atoms with van der Waals surface area (Å²) in [4.78, 5) is 12.1. The number of benzene rings is 2. The normalized spacial score (nSPS) is 11.7. The molecule has 1 amide bonds. The lowest BCUT2D eigenvalue weighted by atomic mass is 10.1. The first-order chi connectivity index (χ1) is 10.7. The molecule has 1 N–H and O–H groups in total. The van der Waals surface area contributed by atoms with Gasteiger partial charge in [0.25, 0.3) is 5.91 Å². The first-order valence-electron chi connectivity index (χ1n) is 7.43. The fourth-order valence-electron chi connectivity index (χ4n) is 2.10. The van der Waals surface area contributed by atoms with Crippen LogP contribution in [0.25, 0.3) is 0 Å². The molecule has 2 aromatic carbocycles. The third-order valence-electron chi connectivity index (χ3n) is 3.32. The number of hydrogen-bond acceptors (Lipinski definition) is 2. The van der Waals surface area contributed by atoms with E-state index in [0.717, 1.165) is 12.0 Å². The molecule has 0 saturated carbocycles. The van der Waals surface area contributed by atoms with Crippen molar-refractivity contribution in [2.24, 2.45) is 0 Å². The van der Waals surface area contributed by atoms with Crippen LogP contribution in [0, 0.1) is 5.82 Å². The van der Waals surface area contributed by atoms with Gasteiger partial charge in [-0.3, -0.25) is 4.79 Å². The molecule has 0 saturated heterocycles. The Labute approximate surface area is 130 Å². The van der Waals surface area contributed by atoms with Crippen LogP contribution in [0.5, 0.6) is 5.75 Å². The van der Waals surface area contributed by atoms with E-state index in [1.165, 1.54) is 12.1 Å². The van der Waals surface area contributed by atoms with Gasteiger partial charge in [-0.15, -0.1) is 0 Å². The van der Waals surface area contributed by atoms with E-state index in [1.54, 1.807) is 12.1 Å². The Bertz CT molecular complexity index is 601. The van der Waals surface area contributed by atoms with Crippen LogP contribution in [-0.4, -0.2) is 18.6 Å². The number of rotatable bonds is 7. The summed E-state index contributed by atoms with van der Waals surface area (Å²) in [5.41, 5.74) is 1.16. The van der Waals surface area contributed by atoms with Crippen LogP contribution >= 0.6 is 0 Å². The Morgan fingerprint density at radius 3 is 2.50 bits per heavy atom. The van der Waals surface area contributed by atoms with E-state index in [9.17, 15) is 9.18 Å². The van der Waals surface area contributed by atoms with Gasteiger partial charge in [0.2, 0.25) is 0 Å². The molecule has 0 aliphatic heterocycles. The van der Waals surface area contributed by atoms with Crippen LogP contribution in [0.3, 0.4) is 0 Å². The average Bonchev–Trinajstić information content (AvgIpc) is 2.55. The van der Waals surface area contributed by atoms with Gasteiger partial charge in [-0.25, -0.2) is 4.39 Å². The van der Waals surface area contributed by atoms with Gasteiger partial charge in [0, 0.05) is 6.54 Å². The van der Waals surface area contributed by atoms with Crippen molar-refractivity contribution in [3.63, 3.8) is 0 Å². The molecule has 3 nitrogen and oxygen atoms in total. The predicted octanol–water partition coefficient (Wildman–Crippen LogP) is 3.34. The lowest BCUT2D eigenvalue weighted by Gasteiger charge is -2.17. The maximum atomic E-state index is 13.6. The van der Waals surface area contributed by atoms with Crippen LogP contribution in [0.4, 0.5) is 4.39 Å². The van der Waals surface area contributed by atoms with Crippen molar-refractivity contribution in [3.8, 4) is 5.75 Å². The van der Waals surface area contributed by atoms with Crippen molar-refractivity contribution < 1.29 is 13.9 Å². The van der Waals surface area contributed by atoms with Gasteiger partial charge in [-0.1, -0.05) is 49.4 Å². The van der Waals surface area contributed by atoms with E-state index in [1.807, 2.05) is 37.3 Å². The van der Waals surface area contributed by atoms with E-state index >= 15 is 0 Å². The summed E-state index contributed by atoms with van der Waals surface area (Å²) >= 11 is 0. The average molecular weight is 301 g/mol. The third-order valence-corrected chi connectivity index (χ3v) is 3.32. The number of nitrogens with one attached hydrogen (secondary N) is 1. The Balaban J connectivity index is 1.85.